The van der Waals surface area contributed by atoms with Gasteiger partial charge in [0.05, 0.1) is 4.99 Å². The van der Waals surface area contributed by atoms with Crippen molar-refractivity contribution in [3.05, 3.63) is 0 Å². The van der Waals surface area contributed by atoms with E-state index in [1.54, 1.807) is 11.8 Å². The van der Waals surface area contributed by atoms with E-state index < -0.39 is 0 Å². The molecule has 0 fully saturated rings. The first-order valence-corrected chi connectivity index (χ1v) is 13.4. The van der Waals surface area contributed by atoms with Crippen LogP contribution in [0.15, 0.2) is 0 Å². The van der Waals surface area contributed by atoms with Gasteiger partial charge in [-0.15, -0.1) is 0 Å². The summed E-state index contributed by atoms with van der Waals surface area (Å²) in [4.78, 5) is 1.02. The number of thioether (sulfide) groups is 1. The fraction of sp³-hybridized carbons (Fsp3) is 0.957. The Balaban J connectivity index is 3.02. The summed E-state index contributed by atoms with van der Waals surface area (Å²) < 4.78 is 0. The molecule has 0 spiro atoms. The van der Waals surface area contributed by atoms with Crippen LogP contribution in [0.1, 0.15) is 122 Å². The highest BCUT2D eigenvalue weighted by Crippen LogP contribution is 2.14. The molecule has 26 heavy (non-hydrogen) atoms. The number of rotatable bonds is 21. The molecule has 0 aliphatic carbocycles. The van der Waals surface area contributed by atoms with Gasteiger partial charge in [-0.05, 0) is 12.7 Å². The van der Waals surface area contributed by atoms with Crippen LogP contribution < -0.4 is 5.32 Å². The van der Waals surface area contributed by atoms with E-state index in [1.807, 2.05) is 0 Å². The third-order valence-corrected chi connectivity index (χ3v) is 6.18. The van der Waals surface area contributed by atoms with Gasteiger partial charge in [-0.1, -0.05) is 128 Å². The van der Waals surface area contributed by atoms with Gasteiger partial charge in [0.25, 0.3) is 0 Å². The van der Waals surface area contributed by atoms with Gasteiger partial charge in [0.1, 0.15) is 0 Å². The van der Waals surface area contributed by atoms with Crippen LogP contribution in [-0.2, 0) is 0 Å². The van der Waals surface area contributed by atoms with Crippen LogP contribution in [-0.4, -0.2) is 23.5 Å². The zero-order valence-corrected chi connectivity index (χ0v) is 19.6. The Bertz CT molecular complexity index is 281. The lowest BCUT2D eigenvalue weighted by Gasteiger charge is -2.06. The summed E-state index contributed by atoms with van der Waals surface area (Å²) >= 11 is 7.04. The molecular weight excluding hydrogens is 354 g/mol. The second kappa shape index (κ2) is 23.3. The quantitative estimate of drug-likeness (QED) is 0.153. The third kappa shape index (κ3) is 22.3. The molecular formula is C23H47NS2. The largest absolute Gasteiger partial charge is 0.379 e. The summed E-state index contributed by atoms with van der Waals surface area (Å²) in [6.07, 6.45) is 27.9. The second-order valence-electron chi connectivity index (χ2n) is 7.79. The van der Waals surface area contributed by atoms with Crippen LogP contribution in [0.4, 0.5) is 0 Å². The summed E-state index contributed by atoms with van der Waals surface area (Å²) in [6.45, 7) is 3.36. The minimum absolute atomic E-state index is 0.967. The van der Waals surface area contributed by atoms with Crippen molar-refractivity contribution in [2.24, 2.45) is 0 Å². The van der Waals surface area contributed by atoms with E-state index in [9.17, 15) is 0 Å². The number of nitrogens with one attached hydrogen (secondary N) is 1. The topological polar surface area (TPSA) is 12.0 Å². The molecule has 0 radical (unpaired) electrons. The highest BCUT2D eigenvalue weighted by molar-refractivity contribution is 8.00. The van der Waals surface area contributed by atoms with Crippen LogP contribution in [0.2, 0.25) is 0 Å². The number of unbranched alkanes of at least 4 members (excludes halogenated alkanes) is 17. The van der Waals surface area contributed by atoms with E-state index in [1.165, 1.54) is 116 Å². The van der Waals surface area contributed by atoms with E-state index in [2.05, 4.69) is 18.5 Å². The minimum Gasteiger partial charge on any atom is -0.379 e. The summed E-state index contributed by atoms with van der Waals surface area (Å²) in [7, 11) is 0. The first-order valence-electron chi connectivity index (χ1n) is 11.6. The Kier molecular flexibility index (Phi) is 23.5. The molecule has 0 aromatic carbocycles. The first-order chi connectivity index (χ1) is 12.8. The molecule has 0 unspecified atom stereocenters. The maximum atomic E-state index is 5.24. The number of thiocarbonyl (C=S) groups is 1. The van der Waals surface area contributed by atoms with Crippen LogP contribution in [0.3, 0.4) is 0 Å². The van der Waals surface area contributed by atoms with Crippen molar-refractivity contribution in [2.75, 3.05) is 18.6 Å². The Hall–Kier alpha value is 0.240. The van der Waals surface area contributed by atoms with E-state index in [0.29, 0.717) is 0 Å². The molecule has 0 aromatic heterocycles. The first kappa shape index (κ1) is 26.2. The zero-order valence-electron chi connectivity index (χ0n) is 18.0. The summed E-state index contributed by atoms with van der Waals surface area (Å²) in [6, 6.07) is 0. The molecule has 0 amide bonds. The molecule has 0 atom stereocenters. The average Bonchev–Trinajstić information content (AvgIpc) is 2.64. The minimum atomic E-state index is 0.967. The van der Waals surface area contributed by atoms with Crippen LogP contribution in [0, 0.1) is 0 Å². The van der Waals surface area contributed by atoms with E-state index in [0.717, 1.165) is 17.3 Å². The van der Waals surface area contributed by atoms with Crippen LogP contribution in [0.25, 0.3) is 0 Å². The summed E-state index contributed by atoms with van der Waals surface area (Å²) in [5, 5.41) is 3.35. The molecule has 3 heteroatoms. The summed E-state index contributed by atoms with van der Waals surface area (Å²) in [5.41, 5.74) is 0. The molecule has 0 aromatic rings. The van der Waals surface area contributed by atoms with Crippen LogP contribution in [0.5, 0.6) is 0 Å². The smallest absolute Gasteiger partial charge is 0.0853 e. The van der Waals surface area contributed by atoms with Crippen molar-refractivity contribution >= 4 is 29.0 Å². The van der Waals surface area contributed by atoms with Gasteiger partial charge in [-0.3, -0.25) is 0 Å². The van der Waals surface area contributed by atoms with Crippen molar-refractivity contribution in [3.8, 4) is 0 Å². The molecule has 0 saturated heterocycles. The highest BCUT2D eigenvalue weighted by atomic mass is 32.2. The Morgan fingerprint density at radius 2 is 0.962 bits per heavy atom. The predicted octanol–water partition coefficient (Wildman–Crippen LogP) is 8.31. The van der Waals surface area contributed by atoms with Gasteiger partial charge in [-0.25, -0.2) is 0 Å². The molecule has 1 N–H and O–H groups in total. The Labute approximate surface area is 175 Å². The van der Waals surface area contributed by atoms with Crippen LogP contribution >= 0.6 is 24.0 Å². The Morgan fingerprint density at radius 1 is 0.615 bits per heavy atom. The van der Waals surface area contributed by atoms with Crippen molar-refractivity contribution in [3.63, 3.8) is 0 Å². The second-order valence-corrected chi connectivity index (χ2v) is 9.15. The summed E-state index contributed by atoms with van der Waals surface area (Å²) in [5.74, 6) is 0.967. The van der Waals surface area contributed by atoms with E-state index >= 15 is 0 Å². The number of hydrogen-bond acceptors (Lipinski definition) is 2. The molecule has 0 aliphatic rings. The van der Waals surface area contributed by atoms with Gasteiger partial charge >= 0.3 is 0 Å². The molecule has 0 rings (SSSR count). The number of hydrogen-bond donors (Lipinski definition) is 1. The van der Waals surface area contributed by atoms with E-state index in [-0.39, 0.29) is 0 Å². The lowest BCUT2D eigenvalue weighted by atomic mass is 10.0. The van der Waals surface area contributed by atoms with Gasteiger partial charge in [-0.2, -0.15) is 11.8 Å². The molecule has 156 valence electrons. The fourth-order valence-electron chi connectivity index (χ4n) is 3.44. The Morgan fingerprint density at radius 3 is 1.31 bits per heavy atom. The maximum Gasteiger partial charge on any atom is 0.0853 e. The zero-order chi connectivity index (χ0) is 19.1. The van der Waals surface area contributed by atoms with Gasteiger partial charge in [0.15, 0.2) is 0 Å². The van der Waals surface area contributed by atoms with Crippen molar-refractivity contribution in [1.29, 1.82) is 0 Å². The molecule has 0 heterocycles. The fourth-order valence-corrected chi connectivity index (χ4v) is 4.26. The van der Waals surface area contributed by atoms with Gasteiger partial charge < -0.3 is 5.32 Å². The molecule has 0 saturated carbocycles. The predicted molar refractivity (Wildman–Crippen MR) is 128 cm³/mol. The van der Waals surface area contributed by atoms with E-state index in [4.69, 9.17) is 12.2 Å². The van der Waals surface area contributed by atoms with Crippen molar-refractivity contribution in [1.82, 2.24) is 5.32 Å². The monoisotopic (exact) mass is 401 g/mol. The van der Waals surface area contributed by atoms with Crippen molar-refractivity contribution in [2.45, 2.75) is 122 Å². The maximum absolute atomic E-state index is 5.24. The van der Waals surface area contributed by atoms with Gasteiger partial charge in [0, 0.05) is 12.3 Å². The highest BCUT2D eigenvalue weighted by Gasteiger charge is 1.96. The SMILES string of the molecule is CCCCCCCCCCCCCCCCCCCCNC(=S)CSC. The lowest BCUT2D eigenvalue weighted by Crippen LogP contribution is -2.24. The lowest BCUT2D eigenvalue weighted by molar-refractivity contribution is 0.525. The molecule has 0 bridgehead atoms. The standard InChI is InChI=1S/C23H47NS2/c1-3-4-5-6-7-8-9-10-11-12-13-14-15-16-17-18-19-20-21-24-23(25)22-26-2/h3-22H2,1-2H3,(H,24,25). The third-order valence-electron chi connectivity index (χ3n) is 5.13. The van der Waals surface area contributed by atoms with Crippen molar-refractivity contribution < 1.29 is 0 Å². The average molecular weight is 402 g/mol. The van der Waals surface area contributed by atoms with Gasteiger partial charge in [0.2, 0.25) is 0 Å². The molecule has 0 aliphatic heterocycles. The normalized spacial score (nSPS) is 11.0. The molecule has 1 nitrogen and oxygen atoms in total.